The Morgan fingerprint density at radius 2 is 2.45 bits per heavy atom. The van der Waals surface area contributed by atoms with Crippen LogP contribution < -0.4 is 0 Å². The third-order valence-electron chi connectivity index (χ3n) is 1.49. The van der Waals surface area contributed by atoms with Crippen LogP contribution >= 0.6 is 11.3 Å². The highest BCUT2D eigenvalue weighted by Gasteiger charge is 2.09. The smallest absolute Gasteiger partial charge is 0.172 e. The number of carbonyl (C=O) groups is 1. The summed E-state index contributed by atoms with van der Waals surface area (Å²) in [5.74, 6) is 0.115. The molecule has 0 saturated carbocycles. The van der Waals surface area contributed by atoms with Crippen molar-refractivity contribution in [1.82, 2.24) is 0 Å². The molecule has 2 nitrogen and oxygen atoms in total. The molecule has 0 saturated heterocycles. The van der Waals surface area contributed by atoms with Gasteiger partial charge in [-0.2, -0.15) is 0 Å². The summed E-state index contributed by atoms with van der Waals surface area (Å²) in [5, 5.41) is 10.6. The second kappa shape index (κ2) is 3.64. The molecule has 0 fully saturated rings. The number of Topliss-reactive ketones (excluding diaryl/α,β-unsaturated/α-hetero) is 1. The number of hydrogen-bond donors (Lipinski definition) is 1. The molecule has 3 heteroatoms. The molecule has 0 aromatic carbocycles. The summed E-state index contributed by atoms with van der Waals surface area (Å²) in [6.45, 7) is 1.79. The maximum atomic E-state index is 11.2. The van der Waals surface area contributed by atoms with Gasteiger partial charge in [0.05, 0.1) is 11.5 Å². The van der Waals surface area contributed by atoms with Crippen molar-refractivity contribution in [3.63, 3.8) is 0 Å². The van der Waals surface area contributed by atoms with Crippen LogP contribution in [0.5, 0.6) is 0 Å². The van der Waals surface area contributed by atoms with Crippen LogP contribution in [0, 0.1) is 0 Å². The fourth-order valence-electron chi connectivity index (χ4n) is 0.865. The van der Waals surface area contributed by atoms with Crippen LogP contribution in [0.1, 0.15) is 28.6 Å². The van der Waals surface area contributed by atoms with Crippen molar-refractivity contribution in [3.05, 3.63) is 21.9 Å². The monoisotopic (exact) mass is 170 g/mol. The van der Waals surface area contributed by atoms with E-state index in [4.69, 9.17) is 5.11 Å². The van der Waals surface area contributed by atoms with Gasteiger partial charge in [0, 0.05) is 6.42 Å². The number of thiophene rings is 1. The summed E-state index contributed by atoms with van der Waals surface area (Å²) in [7, 11) is 0. The van der Waals surface area contributed by atoms with Gasteiger partial charge in [-0.3, -0.25) is 4.79 Å². The first-order valence-corrected chi connectivity index (χ1v) is 4.38. The maximum Gasteiger partial charge on any atom is 0.172 e. The number of hydrogen-bond acceptors (Lipinski definition) is 3. The number of carbonyl (C=O) groups excluding carboxylic acids is 1. The van der Waals surface area contributed by atoms with Crippen molar-refractivity contribution in [2.24, 2.45) is 0 Å². The molecule has 0 amide bonds. The van der Waals surface area contributed by atoms with E-state index in [0.29, 0.717) is 11.3 Å². The van der Waals surface area contributed by atoms with Crippen LogP contribution in [0.4, 0.5) is 0 Å². The van der Waals surface area contributed by atoms with Gasteiger partial charge in [0.25, 0.3) is 0 Å². The van der Waals surface area contributed by atoms with E-state index < -0.39 is 0 Å². The Kier molecular flexibility index (Phi) is 2.79. The Labute approximate surface area is 69.5 Å². The van der Waals surface area contributed by atoms with E-state index in [-0.39, 0.29) is 12.4 Å². The van der Waals surface area contributed by atoms with E-state index in [2.05, 4.69) is 0 Å². The van der Waals surface area contributed by atoms with Crippen molar-refractivity contribution in [2.75, 3.05) is 0 Å². The van der Waals surface area contributed by atoms with Gasteiger partial charge in [-0.05, 0) is 17.0 Å². The van der Waals surface area contributed by atoms with Gasteiger partial charge < -0.3 is 5.11 Å². The van der Waals surface area contributed by atoms with Crippen molar-refractivity contribution in [3.8, 4) is 0 Å². The fourth-order valence-corrected chi connectivity index (χ4v) is 1.79. The molecule has 0 unspecified atom stereocenters. The molecule has 0 bridgehead atoms. The van der Waals surface area contributed by atoms with Gasteiger partial charge in [-0.15, -0.1) is 11.3 Å². The van der Waals surface area contributed by atoms with Crippen LogP contribution in [0.25, 0.3) is 0 Å². The molecule has 1 N–H and O–H groups in total. The first-order chi connectivity index (χ1) is 5.29. The van der Waals surface area contributed by atoms with E-state index in [9.17, 15) is 4.79 Å². The average molecular weight is 170 g/mol. The molecule has 0 atom stereocenters. The van der Waals surface area contributed by atoms with Crippen molar-refractivity contribution in [2.45, 2.75) is 20.0 Å². The standard InChI is InChI=1S/C8H10O2S/c1-2-7(10)8-6(5-9)3-4-11-8/h3-4,9H,2,5H2,1H3. The molecule has 1 aromatic heterocycles. The van der Waals surface area contributed by atoms with Crippen LogP contribution in [0.2, 0.25) is 0 Å². The SMILES string of the molecule is CCC(=O)c1sccc1CO. The minimum Gasteiger partial charge on any atom is -0.392 e. The molecule has 60 valence electrons. The summed E-state index contributed by atoms with van der Waals surface area (Å²) >= 11 is 1.40. The minimum atomic E-state index is -0.0371. The summed E-state index contributed by atoms with van der Waals surface area (Å²) < 4.78 is 0. The van der Waals surface area contributed by atoms with Gasteiger partial charge in [-0.1, -0.05) is 6.92 Å². The highest BCUT2D eigenvalue weighted by atomic mass is 32.1. The molecular formula is C8H10O2S. The minimum absolute atomic E-state index is 0.0371. The maximum absolute atomic E-state index is 11.2. The molecule has 0 radical (unpaired) electrons. The van der Waals surface area contributed by atoms with Crippen LogP contribution in [0.15, 0.2) is 11.4 Å². The zero-order chi connectivity index (χ0) is 8.27. The number of aliphatic hydroxyl groups excluding tert-OH is 1. The second-order valence-electron chi connectivity index (χ2n) is 2.21. The Morgan fingerprint density at radius 3 is 3.00 bits per heavy atom. The predicted octanol–water partition coefficient (Wildman–Crippen LogP) is 1.83. The number of aliphatic hydroxyl groups is 1. The molecule has 0 aliphatic heterocycles. The van der Waals surface area contributed by atoms with Crippen molar-refractivity contribution < 1.29 is 9.90 Å². The average Bonchev–Trinajstić information content (AvgIpc) is 2.50. The van der Waals surface area contributed by atoms with E-state index in [1.807, 2.05) is 12.3 Å². The molecule has 1 heterocycles. The lowest BCUT2D eigenvalue weighted by Crippen LogP contribution is -1.96. The van der Waals surface area contributed by atoms with Gasteiger partial charge in [0.1, 0.15) is 0 Å². The fraction of sp³-hybridized carbons (Fsp3) is 0.375. The first kappa shape index (κ1) is 8.43. The molecule has 1 rings (SSSR count). The largest absolute Gasteiger partial charge is 0.392 e. The predicted molar refractivity (Wildman–Crippen MR) is 44.9 cm³/mol. The zero-order valence-electron chi connectivity index (χ0n) is 6.33. The number of ketones is 1. The van der Waals surface area contributed by atoms with Gasteiger partial charge in [-0.25, -0.2) is 0 Å². The third kappa shape index (κ3) is 1.67. The van der Waals surface area contributed by atoms with Gasteiger partial charge in [0.15, 0.2) is 5.78 Å². The summed E-state index contributed by atoms with van der Waals surface area (Å²) in [6.07, 6.45) is 0.507. The Balaban J connectivity index is 2.92. The Bertz CT molecular complexity index is 252. The van der Waals surface area contributed by atoms with Crippen LogP contribution in [-0.4, -0.2) is 10.9 Å². The summed E-state index contributed by atoms with van der Waals surface area (Å²) in [4.78, 5) is 11.9. The third-order valence-corrected chi connectivity index (χ3v) is 2.49. The Morgan fingerprint density at radius 1 is 1.73 bits per heavy atom. The van der Waals surface area contributed by atoms with E-state index in [1.165, 1.54) is 11.3 Å². The van der Waals surface area contributed by atoms with E-state index >= 15 is 0 Å². The normalized spacial score (nSPS) is 10.0. The summed E-state index contributed by atoms with van der Waals surface area (Å²) in [6, 6.07) is 1.79. The quantitative estimate of drug-likeness (QED) is 0.703. The highest BCUT2D eigenvalue weighted by molar-refractivity contribution is 7.12. The number of rotatable bonds is 3. The van der Waals surface area contributed by atoms with Gasteiger partial charge in [0.2, 0.25) is 0 Å². The first-order valence-electron chi connectivity index (χ1n) is 3.50. The zero-order valence-corrected chi connectivity index (χ0v) is 7.15. The Hall–Kier alpha value is -0.670. The van der Waals surface area contributed by atoms with E-state index in [1.54, 1.807) is 6.07 Å². The lowest BCUT2D eigenvalue weighted by molar-refractivity contribution is 0.0989. The lowest BCUT2D eigenvalue weighted by Gasteiger charge is -1.95. The highest BCUT2D eigenvalue weighted by Crippen LogP contribution is 2.18. The molecule has 11 heavy (non-hydrogen) atoms. The van der Waals surface area contributed by atoms with Crippen LogP contribution in [-0.2, 0) is 6.61 Å². The second-order valence-corrected chi connectivity index (χ2v) is 3.13. The molecule has 0 spiro atoms. The van der Waals surface area contributed by atoms with Gasteiger partial charge >= 0.3 is 0 Å². The molecule has 0 aliphatic carbocycles. The molecule has 1 aromatic rings. The molecule has 0 aliphatic rings. The lowest BCUT2D eigenvalue weighted by atomic mass is 10.2. The van der Waals surface area contributed by atoms with E-state index in [0.717, 1.165) is 5.56 Å². The summed E-state index contributed by atoms with van der Waals surface area (Å²) in [5.41, 5.74) is 0.752. The topological polar surface area (TPSA) is 37.3 Å². The molecular weight excluding hydrogens is 160 g/mol. The van der Waals surface area contributed by atoms with Crippen LogP contribution in [0.3, 0.4) is 0 Å². The van der Waals surface area contributed by atoms with Crippen molar-refractivity contribution >= 4 is 17.1 Å². The van der Waals surface area contributed by atoms with Crippen molar-refractivity contribution in [1.29, 1.82) is 0 Å².